The lowest BCUT2D eigenvalue weighted by Gasteiger charge is -2.24. The molecular weight excluding hydrogens is 1200 g/mol. The van der Waals surface area contributed by atoms with Crippen LogP contribution in [0, 0.1) is 22.7 Å². The average molecular weight is 1250 g/mol. The Hall–Kier alpha value is -10.4. The number of nitrogens with one attached hydrogen (secondary N) is 1. The molecule has 8 aromatic carbocycles. The van der Waals surface area contributed by atoms with E-state index in [0.29, 0.717) is 82.3 Å². The molecule has 0 saturated carbocycles. The van der Waals surface area contributed by atoms with Gasteiger partial charge in [-0.25, -0.2) is 14.7 Å². The van der Waals surface area contributed by atoms with Crippen molar-refractivity contribution in [3.8, 4) is 57.7 Å². The van der Waals surface area contributed by atoms with Crippen LogP contribution in [0.4, 0.5) is 13.2 Å². The fourth-order valence-electron chi connectivity index (χ4n) is 11.4. The van der Waals surface area contributed by atoms with Gasteiger partial charge in [0, 0.05) is 40.7 Å². The van der Waals surface area contributed by atoms with Gasteiger partial charge >= 0.3 is 29.2 Å². The highest BCUT2D eigenvalue weighted by molar-refractivity contribution is 7.90. The number of fused-ring (bicyclic) bond motifs is 3. The van der Waals surface area contributed by atoms with Gasteiger partial charge in [0.2, 0.25) is 5.91 Å². The van der Waals surface area contributed by atoms with Gasteiger partial charge in [-0.1, -0.05) is 143 Å². The molecule has 4 aromatic heterocycles. The standard InChI is InChI=1S/C68H50B2F3N7O7S3/c1-85-51-34-36-57-55(39-51)76-66(88-57)53(41-74)64-60-61(63(80(64)70(47-21-11-5-12-22-47)48-23-13-6-14-24-48)44-28-32-50(33-29-44)87-38-16-15-25-59(82)78-90(83,84)68(71,72)73)65(54(42-75)67-77-56-40-52(86-2)35-37-58(56)89-67)79(62(60)43-26-30-49(81)31-27-43)69(45-17-7-3-8-18-45)46-19-9-4-10-20-46/h3-14,17-24,26-37,39-40,81H,15-16,25,38H2,1-2H3,(H,78,82)/b64-53-,65-54-. The van der Waals surface area contributed by atoms with Crippen LogP contribution in [0.2, 0.25) is 0 Å². The molecule has 1 amide bonds. The third kappa shape index (κ3) is 11.7. The number of benzene rings is 8. The number of aromatic nitrogens is 4. The lowest BCUT2D eigenvalue weighted by Crippen LogP contribution is -2.54. The number of hydrogen-bond acceptors (Lipinski definition) is 13. The molecule has 2 N–H and O–H groups in total. The number of sulfonamides is 1. The van der Waals surface area contributed by atoms with Gasteiger partial charge in [-0.05, 0) is 96.8 Å². The lowest BCUT2D eigenvalue weighted by atomic mass is 9.50. The molecular formula is C68H50B2F3N7O7S3. The second-order valence-electron chi connectivity index (χ2n) is 20.9. The minimum atomic E-state index is -5.86. The predicted octanol–water partition coefficient (Wildman–Crippen LogP) is 9.99. The third-order valence-electron chi connectivity index (χ3n) is 15.3. The monoisotopic (exact) mass is 1250 g/mol. The summed E-state index contributed by atoms with van der Waals surface area (Å²) in [5, 5.41) is 38.6. The first kappa shape index (κ1) is 59.9. The molecule has 0 aliphatic rings. The van der Waals surface area contributed by atoms with Crippen LogP contribution in [-0.2, 0) is 14.8 Å². The first-order chi connectivity index (χ1) is 43.7. The van der Waals surface area contributed by atoms with Crippen molar-refractivity contribution in [3.05, 3.63) is 227 Å². The number of alkyl halides is 3. The van der Waals surface area contributed by atoms with E-state index < -0.39 is 41.6 Å². The fourth-order valence-corrected chi connectivity index (χ4v) is 13.8. The van der Waals surface area contributed by atoms with Crippen LogP contribution < -0.4 is 51.5 Å². The summed E-state index contributed by atoms with van der Waals surface area (Å²) >= 11 is 2.70. The molecule has 0 bridgehead atoms. The van der Waals surface area contributed by atoms with E-state index in [-0.39, 0.29) is 36.3 Å². The molecule has 22 heteroatoms. The van der Waals surface area contributed by atoms with E-state index >= 15 is 0 Å². The molecule has 0 aliphatic carbocycles. The number of rotatable bonds is 19. The van der Waals surface area contributed by atoms with Crippen LogP contribution >= 0.6 is 22.7 Å². The van der Waals surface area contributed by atoms with Gasteiger partial charge in [-0.3, -0.25) is 4.79 Å². The van der Waals surface area contributed by atoms with Gasteiger partial charge < -0.3 is 28.3 Å². The zero-order valence-corrected chi connectivity index (χ0v) is 50.5. The number of ether oxygens (including phenoxy) is 3. The summed E-state index contributed by atoms with van der Waals surface area (Å²) < 4.78 is 86.9. The number of unbranched alkanes of at least 4 members (excludes halogenated alkanes) is 1. The average Bonchev–Trinajstić information content (AvgIpc) is 1.53. The summed E-state index contributed by atoms with van der Waals surface area (Å²) in [5.41, 5.74) is 1.77. The molecule has 0 spiro atoms. The van der Waals surface area contributed by atoms with Crippen molar-refractivity contribution in [1.82, 2.24) is 23.6 Å². The molecule has 0 saturated heterocycles. The molecule has 0 unspecified atom stereocenters. The summed E-state index contributed by atoms with van der Waals surface area (Å²) in [5.74, 6) is 0.257. The van der Waals surface area contributed by atoms with Gasteiger partial charge in [0.25, 0.3) is 0 Å². The normalized spacial score (nSPS) is 12.3. The highest BCUT2D eigenvalue weighted by atomic mass is 32.2. The highest BCUT2D eigenvalue weighted by Gasteiger charge is 2.47. The van der Waals surface area contributed by atoms with E-state index in [0.717, 1.165) is 36.0 Å². The molecule has 90 heavy (non-hydrogen) atoms. The molecule has 12 aromatic rings. The smallest absolute Gasteiger partial charge is 0.508 e. The van der Waals surface area contributed by atoms with Gasteiger partial charge in [0.1, 0.15) is 56.3 Å². The Kier molecular flexibility index (Phi) is 16.9. The van der Waals surface area contributed by atoms with E-state index in [4.69, 9.17) is 24.2 Å². The van der Waals surface area contributed by atoms with Crippen molar-refractivity contribution in [2.75, 3.05) is 20.8 Å². The van der Waals surface area contributed by atoms with E-state index in [1.54, 1.807) is 38.5 Å². The number of carbonyl (C=O) groups is 1. The molecule has 444 valence electrons. The fraction of sp³-hybridized carbons (Fsp3) is 0.103. The molecule has 0 radical (unpaired) electrons. The second kappa shape index (κ2) is 25.4. The maximum Gasteiger partial charge on any atom is 0.516 e. The van der Waals surface area contributed by atoms with Crippen molar-refractivity contribution >= 4 is 117 Å². The summed E-state index contributed by atoms with van der Waals surface area (Å²) in [6.45, 7) is -1.39. The van der Waals surface area contributed by atoms with E-state index in [1.165, 1.54) is 22.7 Å². The summed E-state index contributed by atoms with van der Waals surface area (Å²) in [6, 6.07) is 70.5. The van der Waals surface area contributed by atoms with Crippen LogP contribution in [0.5, 0.6) is 23.0 Å². The third-order valence-corrected chi connectivity index (χ3v) is 18.6. The van der Waals surface area contributed by atoms with Crippen molar-refractivity contribution in [3.63, 3.8) is 0 Å². The minimum absolute atomic E-state index is 0.00949. The number of thiazole rings is 2. The highest BCUT2D eigenvalue weighted by Crippen LogP contribution is 2.39. The van der Waals surface area contributed by atoms with Crippen molar-refractivity contribution in [2.45, 2.75) is 24.8 Å². The first-order valence-electron chi connectivity index (χ1n) is 28.3. The number of aromatic hydroxyl groups is 1. The molecule has 0 atom stereocenters. The van der Waals surface area contributed by atoms with Crippen molar-refractivity contribution in [1.29, 1.82) is 10.5 Å². The minimum Gasteiger partial charge on any atom is -0.508 e. The first-order valence-corrected chi connectivity index (χ1v) is 31.4. The number of carbonyl (C=O) groups excluding carboxylic acids is 1. The number of hydrogen-bond donors (Lipinski definition) is 2. The van der Waals surface area contributed by atoms with E-state index in [9.17, 15) is 42.0 Å². The Morgan fingerprint density at radius 1 is 0.578 bits per heavy atom. The SMILES string of the molecule is COc1ccc2sc(/C(C#N)=c3/c4c(-c5ccc(OCCCCC(=O)NS(=O)(=O)C(F)(F)F)cc5)n(B(c5ccccc5)c5ccccc5)/c(=C(/C#N)c5nc6cc(OC)ccc6s5)c4c(-c4ccc(O)cc4)n3B(c3ccccc3)c3ccccc3)nc2c1. The quantitative estimate of drug-likeness (QED) is 0.0578. The maximum absolute atomic E-state index is 13.0. The Labute approximate surface area is 523 Å². The molecule has 0 fully saturated rings. The van der Waals surface area contributed by atoms with Crippen molar-refractivity contribution < 1.29 is 45.7 Å². The Morgan fingerprint density at radius 2 is 0.967 bits per heavy atom. The van der Waals surface area contributed by atoms with Gasteiger partial charge in [0.05, 0.1) is 52.0 Å². The van der Waals surface area contributed by atoms with Gasteiger partial charge in [0.15, 0.2) is 0 Å². The lowest BCUT2D eigenvalue weighted by molar-refractivity contribution is -0.120. The molecule has 14 nitrogen and oxygen atoms in total. The largest absolute Gasteiger partial charge is 0.516 e. The summed E-state index contributed by atoms with van der Waals surface area (Å²) in [6.07, 6.45) is -0.302. The van der Waals surface area contributed by atoms with E-state index in [1.807, 2.05) is 182 Å². The van der Waals surface area contributed by atoms with Crippen LogP contribution in [0.25, 0.3) is 64.9 Å². The molecule has 4 heterocycles. The Morgan fingerprint density at radius 3 is 1.34 bits per heavy atom. The van der Waals surface area contributed by atoms with Gasteiger partial charge in [-0.2, -0.15) is 32.1 Å². The zero-order chi connectivity index (χ0) is 62.7. The van der Waals surface area contributed by atoms with E-state index in [2.05, 4.69) is 21.1 Å². The number of nitriles is 2. The van der Waals surface area contributed by atoms with Gasteiger partial charge in [-0.15, -0.1) is 22.7 Å². The van der Waals surface area contributed by atoms with Crippen LogP contribution in [0.15, 0.2) is 206 Å². The number of amides is 1. The predicted molar refractivity (Wildman–Crippen MR) is 349 cm³/mol. The Bertz CT molecular complexity index is 4820. The second-order valence-corrected chi connectivity index (χ2v) is 24.6. The van der Waals surface area contributed by atoms with Crippen LogP contribution in [-0.4, -0.2) is 78.4 Å². The van der Waals surface area contributed by atoms with Crippen LogP contribution in [0.3, 0.4) is 0 Å². The topological polar surface area (TPSA) is 194 Å². The summed E-state index contributed by atoms with van der Waals surface area (Å²) in [7, 11) is -2.70. The molecule has 12 rings (SSSR count). The number of methoxy groups -OCH3 is 2. The van der Waals surface area contributed by atoms with Crippen LogP contribution in [0.1, 0.15) is 29.3 Å². The number of halogens is 3. The number of phenolic OH excluding ortho intramolecular Hbond substituents is 1. The molecule has 0 aliphatic heterocycles. The number of phenols is 1. The Balaban J connectivity index is 1.26. The number of nitrogens with zero attached hydrogens (tertiary/aromatic N) is 6. The zero-order valence-electron chi connectivity index (χ0n) is 48.1. The van der Waals surface area contributed by atoms with Crippen molar-refractivity contribution in [2.24, 2.45) is 0 Å². The summed E-state index contributed by atoms with van der Waals surface area (Å²) in [4.78, 5) is 22.8. The maximum atomic E-state index is 13.0.